The van der Waals surface area contributed by atoms with Crippen LogP contribution < -0.4 is 0 Å². The summed E-state index contributed by atoms with van der Waals surface area (Å²) in [6.07, 6.45) is 5.66. The zero-order valence-electron chi connectivity index (χ0n) is 13.7. The van der Waals surface area contributed by atoms with E-state index in [9.17, 15) is 4.79 Å². The van der Waals surface area contributed by atoms with Gasteiger partial charge < -0.3 is 4.90 Å². The molecule has 0 fully saturated rings. The van der Waals surface area contributed by atoms with Crippen LogP contribution in [-0.2, 0) is 6.54 Å². The normalized spacial score (nSPS) is 10.6. The number of thioether (sulfide) groups is 1. The molecule has 0 saturated carbocycles. The Kier molecular flexibility index (Phi) is 5.01. The number of carbonyl (C=O) groups excluding carboxylic acids is 1. The van der Waals surface area contributed by atoms with Crippen LogP contribution in [0.15, 0.2) is 71.9 Å². The molecule has 0 aliphatic heterocycles. The lowest BCUT2D eigenvalue weighted by Gasteiger charge is -2.17. The number of hydrogen-bond donors (Lipinski definition) is 0. The van der Waals surface area contributed by atoms with Crippen molar-refractivity contribution in [1.29, 1.82) is 0 Å². The fraction of sp³-hybridized carbons (Fsp3) is 0.158. The minimum Gasteiger partial charge on any atom is -0.337 e. The SMILES string of the molecule is CSc1ccc(CN(C)C(=O)c2ccc(-n3cccn3)cc2)cc1. The molecule has 0 bridgehead atoms. The first-order valence-electron chi connectivity index (χ1n) is 7.66. The zero-order valence-corrected chi connectivity index (χ0v) is 14.5. The molecule has 0 atom stereocenters. The summed E-state index contributed by atoms with van der Waals surface area (Å²) in [5.41, 5.74) is 2.73. The Hall–Kier alpha value is -2.53. The summed E-state index contributed by atoms with van der Waals surface area (Å²) >= 11 is 1.71. The third-order valence-electron chi connectivity index (χ3n) is 3.81. The summed E-state index contributed by atoms with van der Waals surface area (Å²) in [6, 6.07) is 17.7. The van der Waals surface area contributed by atoms with Gasteiger partial charge in [-0.2, -0.15) is 5.10 Å². The molecule has 5 heteroatoms. The summed E-state index contributed by atoms with van der Waals surface area (Å²) in [5.74, 6) is 0.0101. The van der Waals surface area contributed by atoms with Gasteiger partial charge in [0.2, 0.25) is 0 Å². The van der Waals surface area contributed by atoms with E-state index in [2.05, 4.69) is 35.6 Å². The predicted octanol–water partition coefficient (Wildman–Crippen LogP) is 3.87. The zero-order chi connectivity index (χ0) is 16.9. The average Bonchev–Trinajstić information content (AvgIpc) is 3.16. The van der Waals surface area contributed by atoms with Crippen LogP contribution in [0.1, 0.15) is 15.9 Å². The van der Waals surface area contributed by atoms with Crippen molar-refractivity contribution in [3.63, 3.8) is 0 Å². The van der Waals surface area contributed by atoms with Gasteiger partial charge in [-0.05, 0) is 54.3 Å². The van der Waals surface area contributed by atoms with Crippen LogP contribution in [0.5, 0.6) is 0 Å². The molecule has 4 nitrogen and oxygen atoms in total. The van der Waals surface area contributed by atoms with Gasteiger partial charge in [0.1, 0.15) is 0 Å². The van der Waals surface area contributed by atoms with Crippen molar-refractivity contribution < 1.29 is 4.79 Å². The van der Waals surface area contributed by atoms with E-state index in [4.69, 9.17) is 0 Å². The molecule has 1 aromatic heterocycles. The topological polar surface area (TPSA) is 38.1 Å². The van der Waals surface area contributed by atoms with Gasteiger partial charge in [-0.25, -0.2) is 4.68 Å². The molecule has 24 heavy (non-hydrogen) atoms. The molecule has 0 unspecified atom stereocenters. The molecule has 122 valence electrons. The Labute approximate surface area is 146 Å². The fourth-order valence-corrected chi connectivity index (χ4v) is 2.88. The van der Waals surface area contributed by atoms with Gasteiger partial charge in [-0.15, -0.1) is 11.8 Å². The van der Waals surface area contributed by atoms with Crippen LogP contribution in [0.4, 0.5) is 0 Å². The second-order valence-corrected chi connectivity index (χ2v) is 6.39. The van der Waals surface area contributed by atoms with Crippen molar-refractivity contribution in [1.82, 2.24) is 14.7 Å². The quantitative estimate of drug-likeness (QED) is 0.664. The van der Waals surface area contributed by atoms with Gasteiger partial charge in [-0.1, -0.05) is 12.1 Å². The maximum Gasteiger partial charge on any atom is 0.253 e. The van der Waals surface area contributed by atoms with E-state index in [1.807, 2.05) is 43.6 Å². The number of rotatable bonds is 5. The molecule has 2 aromatic carbocycles. The van der Waals surface area contributed by atoms with E-state index in [-0.39, 0.29) is 5.91 Å². The molecular weight excluding hydrogens is 318 g/mol. The lowest BCUT2D eigenvalue weighted by atomic mass is 10.1. The van der Waals surface area contributed by atoms with Crippen molar-refractivity contribution in [3.05, 3.63) is 78.1 Å². The Morgan fingerprint density at radius 3 is 2.42 bits per heavy atom. The van der Waals surface area contributed by atoms with Crippen molar-refractivity contribution in [2.75, 3.05) is 13.3 Å². The Bertz CT molecular complexity index is 796. The highest BCUT2D eigenvalue weighted by molar-refractivity contribution is 7.98. The van der Waals surface area contributed by atoms with Gasteiger partial charge in [0.25, 0.3) is 5.91 Å². The Morgan fingerprint density at radius 1 is 1.12 bits per heavy atom. The third-order valence-corrected chi connectivity index (χ3v) is 4.55. The number of nitrogens with zero attached hydrogens (tertiary/aromatic N) is 3. The Balaban J connectivity index is 1.68. The molecule has 0 N–H and O–H groups in total. The van der Waals surface area contributed by atoms with Gasteiger partial charge >= 0.3 is 0 Å². The van der Waals surface area contributed by atoms with E-state index < -0.39 is 0 Å². The second-order valence-electron chi connectivity index (χ2n) is 5.51. The standard InChI is InChI=1S/C19H19N3OS/c1-21(14-15-4-10-18(24-2)11-5-15)19(23)16-6-8-17(9-7-16)22-13-3-12-20-22/h3-13H,14H2,1-2H3. The predicted molar refractivity (Wildman–Crippen MR) is 97.6 cm³/mol. The van der Waals surface area contributed by atoms with Gasteiger partial charge in [-0.3, -0.25) is 4.79 Å². The molecule has 0 aliphatic rings. The molecule has 3 aromatic rings. The van der Waals surface area contributed by atoms with E-state index in [0.29, 0.717) is 12.1 Å². The summed E-state index contributed by atoms with van der Waals surface area (Å²) in [7, 11) is 1.83. The van der Waals surface area contributed by atoms with Crippen LogP contribution in [-0.4, -0.2) is 33.9 Å². The second kappa shape index (κ2) is 7.36. The van der Waals surface area contributed by atoms with E-state index in [1.165, 1.54) is 4.90 Å². The highest BCUT2D eigenvalue weighted by Crippen LogP contribution is 2.16. The first-order valence-corrected chi connectivity index (χ1v) is 8.88. The van der Waals surface area contributed by atoms with E-state index >= 15 is 0 Å². The average molecular weight is 337 g/mol. The van der Waals surface area contributed by atoms with Crippen LogP contribution in [0.3, 0.4) is 0 Å². The summed E-state index contributed by atoms with van der Waals surface area (Å²) < 4.78 is 1.77. The van der Waals surface area contributed by atoms with Gasteiger partial charge in [0.15, 0.2) is 0 Å². The Morgan fingerprint density at radius 2 is 1.83 bits per heavy atom. The minimum absolute atomic E-state index is 0.0101. The highest BCUT2D eigenvalue weighted by atomic mass is 32.2. The summed E-state index contributed by atoms with van der Waals surface area (Å²) in [5, 5.41) is 4.19. The summed E-state index contributed by atoms with van der Waals surface area (Å²) in [4.78, 5) is 15.5. The molecule has 1 amide bonds. The molecule has 0 radical (unpaired) electrons. The van der Waals surface area contributed by atoms with Crippen LogP contribution >= 0.6 is 11.8 Å². The molecule has 0 aliphatic carbocycles. The molecule has 0 saturated heterocycles. The van der Waals surface area contributed by atoms with Crippen LogP contribution in [0.25, 0.3) is 5.69 Å². The maximum atomic E-state index is 12.6. The monoisotopic (exact) mass is 337 g/mol. The number of hydrogen-bond acceptors (Lipinski definition) is 3. The molecule has 1 heterocycles. The van der Waals surface area contributed by atoms with Crippen molar-refractivity contribution in [2.24, 2.45) is 0 Å². The number of benzene rings is 2. The highest BCUT2D eigenvalue weighted by Gasteiger charge is 2.12. The lowest BCUT2D eigenvalue weighted by molar-refractivity contribution is 0.0785. The first-order chi connectivity index (χ1) is 11.7. The van der Waals surface area contributed by atoms with Crippen LogP contribution in [0, 0.1) is 0 Å². The van der Waals surface area contributed by atoms with Crippen molar-refractivity contribution in [2.45, 2.75) is 11.4 Å². The van der Waals surface area contributed by atoms with Gasteiger partial charge in [0, 0.05) is 36.4 Å². The van der Waals surface area contributed by atoms with Crippen molar-refractivity contribution in [3.8, 4) is 5.69 Å². The largest absolute Gasteiger partial charge is 0.337 e. The lowest BCUT2D eigenvalue weighted by Crippen LogP contribution is -2.26. The van der Waals surface area contributed by atoms with Crippen molar-refractivity contribution >= 4 is 17.7 Å². The molecule has 3 rings (SSSR count). The van der Waals surface area contributed by atoms with E-state index in [1.54, 1.807) is 27.5 Å². The van der Waals surface area contributed by atoms with Gasteiger partial charge in [0.05, 0.1) is 5.69 Å². The minimum atomic E-state index is 0.0101. The maximum absolute atomic E-state index is 12.6. The van der Waals surface area contributed by atoms with Crippen LogP contribution in [0.2, 0.25) is 0 Å². The summed E-state index contributed by atoms with van der Waals surface area (Å²) in [6.45, 7) is 0.592. The number of amides is 1. The fourth-order valence-electron chi connectivity index (χ4n) is 2.48. The number of carbonyl (C=O) groups is 1. The molecule has 0 spiro atoms. The number of aromatic nitrogens is 2. The first kappa shape index (κ1) is 16.3. The van der Waals surface area contributed by atoms with E-state index in [0.717, 1.165) is 11.3 Å². The third kappa shape index (κ3) is 3.68. The smallest absolute Gasteiger partial charge is 0.253 e. The molecular formula is C19H19N3OS.